The molecule has 33 heavy (non-hydrogen) atoms. The van der Waals surface area contributed by atoms with Crippen LogP contribution in [0, 0.1) is 30.9 Å². The molecule has 7 nitrogen and oxygen atoms in total. The maximum Gasteiger partial charge on any atom is 0.282 e. The zero-order valence-electron chi connectivity index (χ0n) is 18.2. The van der Waals surface area contributed by atoms with Crippen LogP contribution in [0.2, 0.25) is 5.02 Å². The van der Waals surface area contributed by atoms with Gasteiger partial charge in [0.25, 0.3) is 17.5 Å². The van der Waals surface area contributed by atoms with Crippen LogP contribution in [0.1, 0.15) is 22.3 Å². The second-order valence-corrected chi connectivity index (χ2v) is 8.23. The summed E-state index contributed by atoms with van der Waals surface area (Å²) in [5, 5.41) is 14.7. The maximum atomic E-state index is 13.6. The van der Waals surface area contributed by atoms with E-state index in [1.54, 1.807) is 31.2 Å². The number of nitro groups is 1. The molecule has 1 N–H and O–H groups in total. The summed E-state index contributed by atoms with van der Waals surface area (Å²) in [5.41, 5.74) is 4.08. The van der Waals surface area contributed by atoms with E-state index in [-0.39, 0.29) is 17.0 Å². The fourth-order valence-corrected chi connectivity index (χ4v) is 3.99. The van der Waals surface area contributed by atoms with Gasteiger partial charge in [0.2, 0.25) is 0 Å². The molecule has 2 amide bonds. The number of benzene rings is 3. The fraction of sp³-hybridized carbons (Fsp3) is 0.120. The van der Waals surface area contributed by atoms with Crippen LogP contribution in [0.4, 0.5) is 17.1 Å². The van der Waals surface area contributed by atoms with Gasteiger partial charge in [0, 0.05) is 22.8 Å². The van der Waals surface area contributed by atoms with Crippen molar-refractivity contribution in [3.8, 4) is 0 Å². The summed E-state index contributed by atoms with van der Waals surface area (Å²) < 4.78 is 0. The van der Waals surface area contributed by atoms with E-state index in [1.807, 2.05) is 26.0 Å². The highest BCUT2D eigenvalue weighted by atomic mass is 35.5. The molecule has 1 heterocycles. The van der Waals surface area contributed by atoms with Gasteiger partial charge in [0.1, 0.15) is 5.70 Å². The lowest BCUT2D eigenvalue weighted by atomic mass is 10.0. The Morgan fingerprint density at radius 1 is 0.939 bits per heavy atom. The predicted molar refractivity (Wildman–Crippen MR) is 128 cm³/mol. The van der Waals surface area contributed by atoms with Crippen molar-refractivity contribution >= 4 is 46.1 Å². The Bertz CT molecular complexity index is 1350. The lowest BCUT2D eigenvalue weighted by Crippen LogP contribution is -2.33. The molecule has 166 valence electrons. The highest BCUT2D eigenvalue weighted by Gasteiger charge is 2.41. The summed E-state index contributed by atoms with van der Waals surface area (Å²) in [6, 6.07) is 16.3. The molecule has 3 aromatic rings. The van der Waals surface area contributed by atoms with Gasteiger partial charge in [0.15, 0.2) is 0 Å². The van der Waals surface area contributed by atoms with Crippen molar-refractivity contribution in [3.63, 3.8) is 0 Å². The molecule has 0 aliphatic carbocycles. The minimum Gasteiger partial charge on any atom is -0.350 e. The first-order valence-electron chi connectivity index (χ1n) is 10.2. The third-order valence-electron chi connectivity index (χ3n) is 5.57. The van der Waals surface area contributed by atoms with E-state index in [4.69, 9.17) is 11.6 Å². The molecule has 0 bridgehead atoms. The molecule has 0 aromatic heterocycles. The number of carbonyl (C=O) groups is 2. The first kappa shape index (κ1) is 22.2. The van der Waals surface area contributed by atoms with Crippen molar-refractivity contribution in [1.29, 1.82) is 0 Å². The lowest BCUT2D eigenvalue weighted by molar-refractivity contribution is -0.384. The summed E-state index contributed by atoms with van der Waals surface area (Å²) in [7, 11) is 0. The number of carbonyl (C=O) groups excluding carboxylic acids is 2. The number of nitrogens with one attached hydrogen (secondary N) is 1. The minimum atomic E-state index is -0.518. The number of nitrogens with zero attached hydrogens (tertiary/aromatic N) is 2. The summed E-state index contributed by atoms with van der Waals surface area (Å²) in [6.45, 7) is 5.57. The van der Waals surface area contributed by atoms with Crippen LogP contribution >= 0.6 is 11.6 Å². The number of nitro benzene ring substituents is 1. The van der Waals surface area contributed by atoms with Crippen molar-refractivity contribution in [2.45, 2.75) is 20.8 Å². The molecule has 3 aromatic carbocycles. The van der Waals surface area contributed by atoms with E-state index in [1.165, 1.54) is 24.3 Å². The second kappa shape index (κ2) is 8.52. The molecule has 1 aliphatic rings. The van der Waals surface area contributed by atoms with Gasteiger partial charge >= 0.3 is 0 Å². The number of hydrogen-bond acceptors (Lipinski definition) is 5. The Morgan fingerprint density at radius 3 is 2.27 bits per heavy atom. The third kappa shape index (κ3) is 3.99. The molecule has 4 rings (SSSR count). The highest BCUT2D eigenvalue weighted by Crippen LogP contribution is 2.36. The Kier molecular flexibility index (Phi) is 5.74. The average molecular weight is 462 g/mol. The lowest BCUT2D eigenvalue weighted by Gasteiger charge is -2.18. The molecule has 0 atom stereocenters. The molecule has 0 saturated carbocycles. The van der Waals surface area contributed by atoms with Crippen molar-refractivity contribution < 1.29 is 14.5 Å². The molecule has 0 unspecified atom stereocenters. The normalized spacial score (nSPS) is 13.6. The van der Waals surface area contributed by atoms with E-state index in [0.717, 1.165) is 21.6 Å². The van der Waals surface area contributed by atoms with Gasteiger partial charge in [0.05, 0.1) is 16.2 Å². The zero-order chi connectivity index (χ0) is 23.9. The first-order valence-corrected chi connectivity index (χ1v) is 10.5. The smallest absolute Gasteiger partial charge is 0.282 e. The van der Waals surface area contributed by atoms with Crippen molar-refractivity contribution in [2.75, 3.05) is 10.2 Å². The quantitative estimate of drug-likeness (QED) is 0.304. The number of amides is 2. The van der Waals surface area contributed by atoms with Gasteiger partial charge in [-0.15, -0.1) is 0 Å². The van der Waals surface area contributed by atoms with Gasteiger partial charge in [-0.2, -0.15) is 0 Å². The van der Waals surface area contributed by atoms with E-state index < -0.39 is 16.7 Å². The largest absolute Gasteiger partial charge is 0.350 e. The molecule has 1 aliphatic heterocycles. The van der Waals surface area contributed by atoms with Crippen LogP contribution in [0.15, 0.2) is 66.4 Å². The van der Waals surface area contributed by atoms with Gasteiger partial charge in [-0.05, 0) is 67.8 Å². The van der Waals surface area contributed by atoms with Crippen molar-refractivity contribution in [1.82, 2.24) is 0 Å². The topological polar surface area (TPSA) is 92.6 Å². The van der Waals surface area contributed by atoms with Gasteiger partial charge in [-0.25, -0.2) is 4.90 Å². The number of non-ortho nitro benzene ring substituents is 1. The third-order valence-corrected chi connectivity index (χ3v) is 5.98. The molecule has 0 fully saturated rings. The van der Waals surface area contributed by atoms with Gasteiger partial charge in [-0.3, -0.25) is 19.7 Å². The Labute approximate surface area is 195 Å². The monoisotopic (exact) mass is 461 g/mol. The predicted octanol–water partition coefficient (Wildman–Crippen LogP) is 5.57. The minimum absolute atomic E-state index is 0.0826. The molecular formula is C25H20ClN3O4. The average Bonchev–Trinajstić information content (AvgIpc) is 3.01. The number of rotatable bonds is 5. The zero-order valence-corrected chi connectivity index (χ0v) is 18.9. The number of hydrogen-bond donors (Lipinski definition) is 1. The van der Waals surface area contributed by atoms with Crippen molar-refractivity contribution in [3.05, 3.63) is 104 Å². The van der Waals surface area contributed by atoms with Crippen LogP contribution < -0.4 is 10.2 Å². The summed E-state index contributed by atoms with van der Waals surface area (Å²) >= 11 is 6.24. The summed E-state index contributed by atoms with van der Waals surface area (Å²) in [6.07, 6.45) is 0. The molecule has 0 saturated heterocycles. The SMILES string of the molecule is Cc1ccc(N2C(=O)C(Nc3cccc(Cl)c3C)=C(c3ccc([N+](=O)[O-])cc3)C2=O)c(C)c1. The maximum absolute atomic E-state index is 13.6. The summed E-state index contributed by atoms with van der Waals surface area (Å²) in [5.74, 6) is -1.03. The Hall–Kier alpha value is -3.97. The van der Waals surface area contributed by atoms with E-state index in [0.29, 0.717) is 22.0 Å². The van der Waals surface area contributed by atoms with Crippen molar-refractivity contribution in [2.24, 2.45) is 0 Å². The molecule has 0 spiro atoms. The van der Waals surface area contributed by atoms with E-state index in [9.17, 15) is 19.7 Å². The number of aryl methyl sites for hydroxylation is 2. The second-order valence-electron chi connectivity index (χ2n) is 7.83. The highest BCUT2D eigenvalue weighted by molar-refractivity contribution is 6.46. The van der Waals surface area contributed by atoms with Crippen LogP contribution in [-0.4, -0.2) is 16.7 Å². The number of imide groups is 1. The summed E-state index contributed by atoms with van der Waals surface area (Å²) in [4.78, 5) is 38.8. The standard InChI is InChI=1S/C25H20ClN3O4/c1-14-7-12-21(15(2)13-14)28-24(30)22(17-8-10-18(11-9-17)29(32)33)23(25(28)31)27-20-6-4-5-19(26)16(20)3/h4-13,27H,1-3H3. The molecule has 8 heteroatoms. The fourth-order valence-electron chi connectivity index (χ4n) is 3.82. The first-order chi connectivity index (χ1) is 15.7. The van der Waals surface area contributed by atoms with Gasteiger partial charge in [-0.1, -0.05) is 35.4 Å². The van der Waals surface area contributed by atoms with Crippen LogP contribution in [0.5, 0.6) is 0 Å². The van der Waals surface area contributed by atoms with E-state index in [2.05, 4.69) is 5.32 Å². The Balaban J connectivity index is 1.86. The van der Waals surface area contributed by atoms with Crippen LogP contribution in [0.25, 0.3) is 5.57 Å². The van der Waals surface area contributed by atoms with Crippen LogP contribution in [0.3, 0.4) is 0 Å². The number of halogens is 1. The van der Waals surface area contributed by atoms with Gasteiger partial charge < -0.3 is 5.32 Å². The molecular weight excluding hydrogens is 442 g/mol. The van der Waals surface area contributed by atoms with E-state index >= 15 is 0 Å². The molecule has 0 radical (unpaired) electrons. The number of anilines is 2. The van der Waals surface area contributed by atoms with Crippen LogP contribution in [-0.2, 0) is 9.59 Å². The Morgan fingerprint density at radius 2 is 1.64 bits per heavy atom.